The van der Waals surface area contributed by atoms with E-state index in [-0.39, 0.29) is 5.91 Å². The van der Waals surface area contributed by atoms with Gasteiger partial charge < -0.3 is 14.6 Å². The summed E-state index contributed by atoms with van der Waals surface area (Å²) in [5.41, 5.74) is 0. The van der Waals surface area contributed by atoms with Crippen molar-refractivity contribution in [1.82, 2.24) is 10.3 Å². The van der Waals surface area contributed by atoms with Crippen molar-refractivity contribution in [2.24, 2.45) is 0 Å². The molecule has 3 heterocycles. The number of hydrogen-bond acceptors (Lipinski definition) is 5. The second-order valence-corrected chi connectivity index (χ2v) is 5.36. The Bertz CT molecular complexity index is 524. The summed E-state index contributed by atoms with van der Waals surface area (Å²) in [4.78, 5) is 18.4. The second kappa shape index (κ2) is 5.44. The number of amides is 1. The van der Waals surface area contributed by atoms with E-state index in [0.29, 0.717) is 18.3 Å². The van der Waals surface area contributed by atoms with Gasteiger partial charge >= 0.3 is 0 Å². The Morgan fingerprint density at radius 3 is 3.32 bits per heavy atom. The molecule has 5 nitrogen and oxygen atoms in total. The van der Waals surface area contributed by atoms with Crippen LogP contribution in [0, 0.1) is 0 Å². The first kappa shape index (κ1) is 12.2. The lowest BCUT2D eigenvalue weighted by atomic mass is 10.2. The maximum Gasteiger partial charge on any atom is 0.287 e. The zero-order chi connectivity index (χ0) is 13.1. The van der Waals surface area contributed by atoms with E-state index in [2.05, 4.69) is 15.2 Å². The minimum Gasteiger partial charge on any atom is -0.459 e. The molecule has 1 saturated heterocycles. The molecule has 100 valence electrons. The summed E-state index contributed by atoms with van der Waals surface area (Å²) in [6.45, 7) is 1.63. The lowest BCUT2D eigenvalue weighted by molar-refractivity contribution is 0.0923. The van der Waals surface area contributed by atoms with Crippen LogP contribution in [-0.2, 0) is 0 Å². The molecule has 1 aliphatic heterocycles. The summed E-state index contributed by atoms with van der Waals surface area (Å²) in [5.74, 6) is 0.204. The van der Waals surface area contributed by atoms with Crippen LogP contribution in [-0.4, -0.2) is 30.0 Å². The minimum absolute atomic E-state index is 0.156. The van der Waals surface area contributed by atoms with Crippen molar-refractivity contribution in [2.75, 3.05) is 18.0 Å². The van der Waals surface area contributed by atoms with Gasteiger partial charge in [0.05, 0.1) is 6.26 Å². The van der Waals surface area contributed by atoms with Crippen LogP contribution < -0.4 is 10.2 Å². The molecule has 3 rings (SSSR count). The summed E-state index contributed by atoms with van der Waals surface area (Å²) >= 11 is 1.64. The molecule has 19 heavy (non-hydrogen) atoms. The standard InChI is InChI=1S/C13H15N3O2S/c17-12(11-4-2-7-18-11)15-9-10-3-1-6-16(10)13-14-5-8-19-13/h2,4-5,7-8,10H,1,3,6,9H2,(H,15,17)/t10-/m1/s1. The zero-order valence-corrected chi connectivity index (χ0v) is 11.2. The fourth-order valence-electron chi connectivity index (χ4n) is 2.36. The van der Waals surface area contributed by atoms with E-state index >= 15 is 0 Å². The van der Waals surface area contributed by atoms with Gasteiger partial charge in [-0.2, -0.15) is 0 Å². The molecule has 0 bridgehead atoms. The maximum atomic E-state index is 11.8. The van der Waals surface area contributed by atoms with Gasteiger partial charge in [-0.3, -0.25) is 4.79 Å². The Morgan fingerprint density at radius 2 is 2.58 bits per heavy atom. The van der Waals surface area contributed by atoms with E-state index < -0.39 is 0 Å². The molecule has 0 saturated carbocycles. The Labute approximate surface area is 115 Å². The average molecular weight is 277 g/mol. The van der Waals surface area contributed by atoms with Gasteiger partial charge in [-0.15, -0.1) is 11.3 Å². The maximum absolute atomic E-state index is 11.8. The van der Waals surface area contributed by atoms with E-state index in [1.165, 1.54) is 6.26 Å². The van der Waals surface area contributed by atoms with Gasteiger partial charge in [-0.25, -0.2) is 4.98 Å². The number of nitrogens with one attached hydrogen (secondary N) is 1. The normalized spacial score (nSPS) is 18.7. The number of aromatic nitrogens is 1. The van der Waals surface area contributed by atoms with Gasteiger partial charge in [0.25, 0.3) is 5.91 Å². The molecular weight excluding hydrogens is 262 g/mol. The van der Waals surface area contributed by atoms with Crippen molar-refractivity contribution >= 4 is 22.4 Å². The van der Waals surface area contributed by atoms with E-state index in [1.807, 2.05) is 11.6 Å². The highest BCUT2D eigenvalue weighted by molar-refractivity contribution is 7.13. The van der Waals surface area contributed by atoms with Crippen molar-refractivity contribution in [3.8, 4) is 0 Å². The van der Waals surface area contributed by atoms with Crippen LogP contribution in [0.5, 0.6) is 0 Å². The summed E-state index contributed by atoms with van der Waals surface area (Å²) < 4.78 is 5.07. The molecule has 0 unspecified atom stereocenters. The van der Waals surface area contributed by atoms with Gasteiger partial charge in [-0.1, -0.05) is 0 Å². The summed E-state index contributed by atoms with van der Waals surface area (Å²) in [5, 5.41) is 5.94. The van der Waals surface area contributed by atoms with Gasteiger partial charge in [0, 0.05) is 30.7 Å². The van der Waals surface area contributed by atoms with Gasteiger partial charge in [0.2, 0.25) is 0 Å². The number of anilines is 1. The first-order chi connectivity index (χ1) is 9.34. The third kappa shape index (κ3) is 2.63. The third-order valence-electron chi connectivity index (χ3n) is 3.29. The van der Waals surface area contributed by atoms with Crippen LogP contribution in [0.4, 0.5) is 5.13 Å². The van der Waals surface area contributed by atoms with E-state index in [4.69, 9.17) is 4.42 Å². The lowest BCUT2D eigenvalue weighted by Crippen LogP contribution is -2.40. The van der Waals surface area contributed by atoms with E-state index in [9.17, 15) is 4.79 Å². The smallest absolute Gasteiger partial charge is 0.287 e. The SMILES string of the molecule is O=C(NC[C@H]1CCCN1c1nccs1)c1ccco1. The highest BCUT2D eigenvalue weighted by Crippen LogP contribution is 2.26. The summed E-state index contributed by atoms with van der Waals surface area (Å²) in [6.07, 6.45) is 5.54. The quantitative estimate of drug-likeness (QED) is 0.930. The molecule has 0 spiro atoms. The van der Waals surface area contributed by atoms with Crippen molar-refractivity contribution in [1.29, 1.82) is 0 Å². The Kier molecular flexibility index (Phi) is 3.50. The Morgan fingerprint density at radius 1 is 1.63 bits per heavy atom. The minimum atomic E-state index is -0.156. The van der Waals surface area contributed by atoms with Crippen molar-refractivity contribution in [3.05, 3.63) is 35.7 Å². The van der Waals surface area contributed by atoms with Crippen LogP contribution >= 0.6 is 11.3 Å². The van der Waals surface area contributed by atoms with Gasteiger partial charge in [-0.05, 0) is 25.0 Å². The van der Waals surface area contributed by atoms with Gasteiger partial charge in [0.15, 0.2) is 10.9 Å². The van der Waals surface area contributed by atoms with Gasteiger partial charge in [0.1, 0.15) is 0 Å². The topological polar surface area (TPSA) is 58.4 Å². The van der Waals surface area contributed by atoms with E-state index in [1.54, 1.807) is 23.5 Å². The molecule has 2 aromatic rings. The molecule has 1 N–H and O–H groups in total. The molecule has 1 amide bonds. The Hall–Kier alpha value is -1.82. The molecule has 0 aromatic carbocycles. The monoisotopic (exact) mass is 277 g/mol. The summed E-state index contributed by atoms with van der Waals surface area (Å²) in [7, 11) is 0. The Balaban J connectivity index is 1.59. The van der Waals surface area contributed by atoms with Crippen LogP contribution in [0.1, 0.15) is 23.4 Å². The van der Waals surface area contributed by atoms with E-state index in [0.717, 1.165) is 24.5 Å². The molecule has 1 atom stereocenters. The highest BCUT2D eigenvalue weighted by Gasteiger charge is 2.26. The predicted molar refractivity (Wildman–Crippen MR) is 73.5 cm³/mol. The second-order valence-electron chi connectivity index (χ2n) is 4.49. The van der Waals surface area contributed by atoms with Crippen molar-refractivity contribution in [3.63, 3.8) is 0 Å². The first-order valence-corrected chi connectivity index (χ1v) is 7.20. The lowest BCUT2D eigenvalue weighted by Gasteiger charge is -2.23. The fraction of sp³-hybridized carbons (Fsp3) is 0.385. The number of carbonyl (C=O) groups excluding carboxylic acids is 1. The largest absolute Gasteiger partial charge is 0.459 e. The van der Waals surface area contributed by atoms with Crippen molar-refractivity contribution in [2.45, 2.75) is 18.9 Å². The molecule has 1 aliphatic rings. The molecule has 6 heteroatoms. The van der Waals surface area contributed by atoms with Crippen LogP contribution in [0.2, 0.25) is 0 Å². The first-order valence-electron chi connectivity index (χ1n) is 6.32. The number of hydrogen-bond donors (Lipinski definition) is 1. The average Bonchev–Trinajstić information content (AvgIpc) is 3.14. The van der Waals surface area contributed by atoms with Crippen LogP contribution in [0.15, 0.2) is 34.4 Å². The molecule has 2 aromatic heterocycles. The number of nitrogens with zero attached hydrogens (tertiary/aromatic N) is 2. The highest BCUT2D eigenvalue weighted by atomic mass is 32.1. The number of furan rings is 1. The summed E-state index contributed by atoms with van der Waals surface area (Å²) in [6, 6.07) is 3.71. The number of carbonyl (C=O) groups is 1. The molecule has 0 aliphatic carbocycles. The predicted octanol–water partition coefficient (Wildman–Crippen LogP) is 2.13. The molecule has 0 radical (unpaired) electrons. The van der Waals surface area contributed by atoms with Crippen LogP contribution in [0.25, 0.3) is 0 Å². The molecular formula is C13H15N3O2S. The molecule has 1 fully saturated rings. The third-order valence-corrected chi connectivity index (χ3v) is 4.09. The van der Waals surface area contributed by atoms with Crippen LogP contribution in [0.3, 0.4) is 0 Å². The van der Waals surface area contributed by atoms with Crippen molar-refractivity contribution < 1.29 is 9.21 Å². The number of rotatable bonds is 4. The zero-order valence-electron chi connectivity index (χ0n) is 10.4. The fourth-order valence-corrected chi connectivity index (χ4v) is 3.10. The number of thiazole rings is 1.